The van der Waals surface area contributed by atoms with E-state index in [0.717, 1.165) is 32.7 Å². The van der Waals surface area contributed by atoms with Crippen molar-refractivity contribution in [3.8, 4) is 0 Å². The molecule has 0 radical (unpaired) electrons. The molecule has 0 spiro atoms. The van der Waals surface area contributed by atoms with Gasteiger partial charge in [0.1, 0.15) is 0 Å². The predicted molar refractivity (Wildman–Crippen MR) is 72.5 cm³/mol. The fourth-order valence-electron chi connectivity index (χ4n) is 3.48. The van der Waals surface area contributed by atoms with Crippen molar-refractivity contribution >= 4 is 5.91 Å². The van der Waals surface area contributed by atoms with Gasteiger partial charge in [-0.15, -0.1) is 0 Å². The van der Waals surface area contributed by atoms with Gasteiger partial charge in [0, 0.05) is 33.2 Å². The number of carbonyl (C=O) groups excluding carboxylic acids is 1. The van der Waals surface area contributed by atoms with E-state index in [9.17, 15) is 4.79 Å². The molecule has 6 heteroatoms. The van der Waals surface area contributed by atoms with Gasteiger partial charge >= 0.3 is 0 Å². The quantitative estimate of drug-likeness (QED) is 0.698. The molecule has 3 aliphatic heterocycles. The van der Waals surface area contributed by atoms with Crippen LogP contribution < -0.4 is 0 Å². The molecular weight excluding hydrogens is 260 g/mol. The first kappa shape index (κ1) is 14.3. The zero-order chi connectivity index (χ0) is 14.2. The standard InChI is InChI=1S/C14H24N2O4/c1-15-6-8-20-12-3-5-16(9-11(12)15)13(17)14(18-2)4-7-19-10-14/h11-12H,3-10H2,1-2H3. The molecule has 3 aliphatic rings. The molecule has 3 unspecified atom stereocenters. The fourth-order valence-corrected chi connectivity index (χ4v) is 3.48. The highest BCUT2D eigenvalue weighted by Crippen LogP contribution is 2.29. The van der Waals surface area contributed by atoms with Crippen molar-refractivity contribution in [1.82, 2.24) is 9.80 Å². The minimum absolute atomic E-state index is 0.0786. The van der Waals surface area contributed by atoms with Crippen LogP contribution in [0.3, 0.4) is 0 Å². The van der Waals surface area contributed by atoms with Crippen molar-refractivity contribution in [2.75, 3.05) is 53.6 Å². The molecule has 0 N–H and O–H groups in total. The molecule has 114 valence electrons. The van der Waals surface area contributed by atoms with Crippen molar-refractivity contribution < 1.29 is 19.0 Å². The zero-order valence-corrected chi connectivity index (χ0v) is 12.3. The summed E-state index contributed by atoms with van der Waals surface area (Å²) in [5, 5.41) is 0. The van der Waals surface area contributed by atoms with Gasteiger partial charge in [0.15, 0.2) is 5.60 Å². The number of nitrogens with zero attached hydrogens (tertiary/aromatic N) is 2. The average molecular weight is 284 g/mol. The Morgan fingerprint density at radius 1 is 1.35 bits per heavy atom. The lowest BCUT2D eigenvalue weighted by Gasteiger charge is -2.47. The first-order valence-electron chi connectivity index (χ1n) is 7.40. The van der Waals surface area contributed by atoms with E-state index in [1.807, 2.05) is 4.90 Å². The van der Waals surface area contributed by atoms with Gasteiger partial charge in [0.25, 0.3) is 5.91 Å². The second-order valence-corrected chi connectivity index (χ2v) is 6.00. The number of amides is 1. The Bertz CT molecular complexity index is 370. The lowest BCUT2D eigenvalue weighted by molar-refractivity contribution is -0.163. The summed E-state index contributed by atoms with van der Waals surface area (Å²) in [4.78, 5) is 17.0. The molecule has 3 atom stereocenters. The molecule has 3 saturated heterocycles. The second-order valence-electron chi connectivity index (χ2n) is 6.00. The highest BCUT2D eigenvalue weighted by molar-refractivity contribution is 5.86. The van der Waals surface area contributed by atoms with Gasteiger partial charge in [-0.05, 0) is 13.5 Å². The Kier molecular flexibility index (Phi) is 3.99. The molecule has 0 saturated carbocycles. The fraction of sp³-hybridized carbons (Fsp3) is 0.929. The van der Waals surface area contributed by atoms with Gasteiger partial charge in [-0.3, -0.25) is 9.69 Å². The minimum atomic E-state index is -0.763. The van der Waals surface area contributed by atoms with Crippen molar-refractivity contribution in [2.45, 2.75) is 30.6 Å². The highest BCUT2D eigenvalue weighted by Gasteiger charge is 2.47. The summed E-state index contributed by atoms with van der Waals surface area (Å²) in [6, 6.07) is 0.303. The van der Waals surface area contributed by atoms with E-state index in [4.69, 9.17) is 14.2 Å². The van der Waals surface area contributed by atoms with Gasteiger partial charge in [0.2, 0.25) is 0 Å². The molecule has 1 amide bonds. The van der Waals surface area contributed by atoms with E-state index in [1.165, 1.54) is 0 Å². The molecule has 3 heterocycles. The topological polar surface area (TPSA) is 51.2 Å². The van der Waals surface area contributed by atoms with Crippen molar-refractivity contribution in [3.05, 3.63) is 0 Å². The van der Waals surface area contributed by atoms with Crippen LogP contribution in [0.1, 0.15) is 12.8 Å². The summed E-state index contributed by atoms with van der Waals surface area (Å²) in [7, 11) is 3.72. The SMILES string of the molecule is COC1(C(=O)N2CCC3OCCN(C)C3C2)CCOC1. The monoisotopic (exact) mass is 284 g/mol. The number of likely N-dealkylation sites (N-methyl/N-ethyl adjacent to an activating group) is 1. The maximum atomic E-state index is 12.8. The van der Waals surface area contributed by atoms with Crippen LogP contribution in [-0.2, 0) is 19.0 Å². The number of fused-ring (bicyclic) bond motifs is 1. The highest BCUT2D eigenvalue weighted by atomic mass is 16.6. The molecular formula is C14H24N2O4. The first-order valence-corrected chi connectivity index (χ1v) is 7.40. The Morgan fingerprint density at radius 3 is 2.90 bits per heavy atom. The van der Waals surface area contributed by atoms with Crippen LogP contribution in [0.2, 0.25) is 0 Å². The van der Waals surface area contributed by atoms with Gasteiger partial charge in [-0.1, -0.05) is 0 Å². The maximum Gasteiger partial charge on any atom is 0.257 e. The van der Waals surface area contributed by atoms with Gasteiger partial charge in [-0.25, -0.2) is 0 Å². The van der Waals surface area contributed by atoms with E-state index < -0.39 is 5.60 Å². The van der Waals surface area contributed by atoms with Crippen LogP contribution in [0, 0.1) is 0 Å². The van der Waals surface area contributed by atoms with Crippen LogP contribution in [0.5, 0.6) is 0 Å². The smallest absolute Gasteiger partial charge is 0.257 e. The maximum absolute atomic E-state index is 12.8. The molecule has 0 aromatic heterocycles. The van der Waals surface area contributed by atoms with Crippen LogP contribution >= 0.6 is 0 Å². The number of ether oxygens (including phenoxy) is 3. The lowest BCUT2D eigenvalue weighted by Crippen LogP contribution is -2.62. The molecule has 0 aromatic carbocycles. The van der Waals surface area contributed by atoms with Crippen LogP contribution in [0.25, 0.3) is 0 Å². The molecule has 20 heavy (non-hydrogen) atoms. The minimum Gasteiger partial charge on any atom is -0.378 e. The number of methoxy groups -OCH3 is 1. The molecule has 3 rings (SSSR count). The summed E-state index contributed by atoms with van der Waals surface area (Å²) < 4.78 is 16.7. The Balaban J connectivity index is 1.70. The Labute approximate surface area is 119 Å². The Hall–Kier alpha value is -0.690. The van der Waals surface area contributed by atoms with Crippen LogP contribution in [-0.4, -0.2) is 87.1 Å². The molecule has 6 nitrogen and oxygen atoms in total. The first-order chi connectivity index (χ1) is 9.66. The van der Waals surface area contributed by atoms with Crippen molar-refractivity contribution in [1.29, 1.82) is 0 Å². The Morgan fingerprint density at radius 2 is 2.20 bits per heavy atom. The van der Waals surface area contributed by atoms with E-state index in [-0.39, 0.29) is 12.0 Å². The number of piperidine rings is 1. The summed E-state index contributed by atoms with van der Waals surface area (Å²) in [5.41, 5.74) is -0.763. The number of hydrogen-bond donors (Lipinski definition) is 0. The van der Waals surface area contributed by atoms with Crippen LogP contribution in [0.15, 0.2) is 0 Å². The number of hydrogen-bond acceptors (Lipinski definition) is 5. The van der Waals surface area contributed by atoms with Crippen molar-refractivity contribution in [2.24, 2.45) is 0 Å². The molecule has 0 aliphatic carbocycles. The number of rotatable bonds is 2. The predicted octanol–water partition coefficient (Wildman–Crippen LogP) is -0.277. The largest absolute Gasteiger partial charge is 0.378 e. The number of carbonyl (C=O) groups is 1. The normalized spacial score (nSPS) is 38.8. The molecule has 3 fully saturated rings. The molecule has 0 aromatic rings. The zero-order valence-electron chi connectivity index (χ0n) is 12.3. The second kappa shape index (κ2) is 5.60. The van der Waals surface area contributed by atoms with E-state index in [0.29, 0.717) is 25.7 Å². The van der Waals surface area contributed by atoms with Crippen LogP contribution in [0.4, 0.5) is 0 Å². The number of morpholine rings is 1. The summed E-state index contributed by atoms with van der Waals surface area (Å²) in [5.74, 6) is 0.0786. The van der Waals surface area contributed by atoms with Gasteiger partial charge in [-0.2, -0.15) is 0 Å². The summed E-state index contributed by atoms with van der Waals surface area (Å²) in [6.45, 7) is 4.18. The summed E-state index contributed by atoms with van der Waals surface area (Å²) in [6.07, 6.45) is 1.82. The third kappa shape index (κ3) is 2.35. The van der Waals surface area contributed by atoms with Gasteiger partial charge < -0.3 is 19.1 Å². The third-order valence-electron chi connectivity index (χ3n) is 4.92. The van der Waals surface area contributed by atoms with E-state index >= 15 is 0 Å². The molecule has 0 bridgehead atoms. The van der Waals surface area contributed by atoms with Crippen molar-refractivity contribution in [3.63, 3.8) is 0 Å². The summed E-state index contributed by atoms with van der Waals surface area (Å²) >= 11 is 0. The van der Waals surface area contributed by atoms with E-state index in [2.05, 4.69) is 11.9 Å². The van der Waals surface area contributed by atoms with Gasteiger partial charge in [0.05, 0.1) is 32.0 Å². The number of likely N-dealkylation sites (tertiary alicyclic amines) is 1. The average Bonchev–Trinajstić information content (AvgIpc) is 2.97. The lowest BCUT2D eigenvalue weighted by atomic mass is 9.95. The third-order valence-corrected chi connectivity index (χ3v) is 4.92. The van der Waals surface area contributed by atoms with E-state index in [1.54, 1.807) is 7.11 Å².